The standard InChI is InChI=1S/C10H6N2O2/c13-9-8-6(11-10(9)14)3-5-12-4-1-2-7(8)12/h1-5H,(H,11,13,14). The first-order chi connectivity index (χ1) is 6.77. The average Bonchev–Trinajstić information content (AvgIpc) is 2.72. The Bertz CT molecular complexity index is 569. The Balaban J connectivity index is 2.46. The number of anilines is 1. The fraction of sp³-hybridized carbons (Fsp3) is 0. The van der Waals surface area contributed by atoms with Gasteiger partial charge in [-0.2, -0.15) is 0 Å². The van der Waals surface area contributed by atoms with Gasteiger partial charge in [-0.1, -0.05) is 0 Å². The van der Waals surface area contributed by atoms with Crippen molar-refractivity contribution in [3.63, 3.8) is 0 Å². The van der Waals surface area contributed by atoms with Crippen molar-refractivity contribution in [1.82, 2.24) is 4.40 Å². The largest absolute Gasteiger partial charge is 0.323 e. The van der Waals surface area contributed by atoms with E-state index in [9.17, 15) is 9.59 Å². The SMILES string of the molecule is O=C1Nc2ccn3cccc3c2C1=O. The van der Waals surface area contributed by atoms with Gasteiger partial charge in [0.05, 0.1) is 16.8 Å². The van der Waals surface area contributed by atoms with Gasteiger partial charge < -0.3 is 9.72 Å². The average molecular weight is 186 g/mol. The van der Waals surface area contributed by atoms with Gasteiger partial charge in [0.1, 0.15) is 0 Å². The highest BCUT2D eigenvalue weighted by atomic mass is 16.2. The van der Waals surface area contributed by atoms with Crippen molar-refractivity contribution in [3.8, 4) is 0 Å². The molecule has 3 rings (SSSR count). The van der Waals surface area contributed by atoms with Crippen molar-refractivity contribution in [3.05, 3.63) is 36.2 Å². The highest BCUT2D eigenvalue weighted by Gasteiger charge is 2.29. The van der Waals surface area contributed by atoms with Crippen LogP contribution in [0, 0.1) is 0 Å². The van der Waals surface area contributed by atoms with Crippen LogP contribution in [0.3, 0.4) is 0 Å². The first kappa shape index (κ1) is 7.32. The molecule has 0 unspecified atom stereocenters. The summed E-state index contributed by atoms with van der Waals surface area (Å²) < 4.78 is 1.82. The molecule has 0 fully saturated rings. The van der Waals surface area contributed by atoms with Crippen LogP contribution in [-0.4, -0.2) is 16.1 Å². The number of hydrogen-bond donors (Lipinski definition) is 1. The predicted octanol–water partition coefficient (Wildman–Crippen LogP) is 1.07. The second-order valence-corrected chi connectivity index (χ2v) is 3.19. The van der Waals surface area contributed by atoms with Crippen LogP contribution in [0.15, 0.2) is 30.6 Å². The van der Waals surface area contributed by atoms with E-state index in [1.54, 1.807) is 6.07 Å². The highest BCUT2D eigenvalue weighted by Crippen LogP contribution is 2.26. The third-order valence-electron chi connectivity index (χ3n) is 2.39. The first-order valence-corrected chi connectivity index (χ1v) is 4.23. The van der Waals surface area contributed by atoms with Gasteiger partial charge in [-0.25, -0.2) is 0 Å². The van der Waals surface area contributed by atoms with Gasteiger partial charge in [0, 0.05) is 12.4 Å². The molecule has 2 aromatic heterocycles. The van der Waals surface area contributed by atoms with E-state index in [0.29, 0.717) is 11.3 Å². The number of rotatable bonds is 0. The number of ketones is 1. The summed E-state index contributed by atoms with van der Waals surface area (Å²) in [4.78, 5) is 22.6. The minimum atomic E-state index is -0.547. The number of nitrogens with zero attached hydrogens (tertiary/aromatic N) is 1. The molecule has 1 aliphatic rings. The zero-order valence-electron chi connectivity index (χ0n) is 7.15. The molecule has 0 aliphatic carbocycles. The third kappa shape index (κ3) is 0.724. The summed E-state index contributed by atoms with van der Waals surface area (Å²) in [7, 11) is 0. The Morgan fingerprint density at radius 3 is 2.86 bits per heavy atom. The van der Waals surface area contributed by atoms with Crippen molar-refractivity contribution in [2.45, 2.75) is 0 Å². The van der Waals surface area contributed by atoms with Gasteiger partial charge >= 0.3 is 0 Å². The van der Waals surface area contributed by atoms with Crippen molar-refractivity contribution in [2.75, 3.05) is 5.32 Å². The number of pyridine rings is 1. The third-order valence-corrected chi connectivity index (χ3v) is 2.39. The van der Waals surface area contributed by atoms with Crippen molar-refractivity contribution >= 4 is 22.9 Å². The van der Waals surface area contributed by atoms with Gasteiger partial charge in [-0.05, 0) is 18.2 Å². The van der Waals surface area contributed by atoms with E-state index < -0.39 is 11.7 Å². The molecule has 0 spiro atoms. The molecule has 4 nitrogen and oxygen atoms in total. The Labute approximate surface area is 79.1 Å². The maximum atomic E-state index is 11.5. The summed E-state index contributed by atoms with van der Waals surface area (Å²) in [6.45, 7) is 0. The fourth-order valence-corrected chi connectivity index (χ4v) is 1.75. The van der Waals surface area contributed by atoms with Crippen LogP contribution in [0.1, 0.15) is 10.4 Å². The van der Waals surface area contributed by atoms with Crippen LogP contribution in [-0.2, 0) is 4.79 Å². The molecule has 3 heterocycles. The summed E-state index contributed by atoms with van der Waals surface area (Å²) in [6, 6.07) is 5.38. The van der Waals surface area contributed by atoms with Crippen LogP contribution in [0.4, 0.5) is 5.69 Å². The molecule has 0 bridgehead atoms. The number of fused-ring (bicyclic) bond motifs is 3. The van der Waals surface area contributed by atoms with Crippen LogP contribution in [0.5, 0.6) is 0 Å². The Kier molecular flexibility index (Phi) is 1.16. The van der Waals surface area contributed by atoms with Crippen LogP contribution in [0.25, 0.3) is 5.52 Å². The van der Waals surface area contributed by atoms with Gasteiger partial charge in [0.15, 0.2) is 0 Å². The minimum Gasteiger partial charge on any atom is -0.323 e. The van der Waals surface area contributed by atoms with E-state index in [1.807, 2.05) is 28.9 Å². The molecule has 2 aromatic rings. The lowest BCUT2D eigenvalue weighted by Crippen LogP contribution is -2.12. The zero-order chi connectivity index (χ0) is 9.71. The number of amides is 1. The van der Waals surface area contributed by atoms with Crippen molar-refractivity contribution < 1.29 is 9.59 Å². The molecule has 1 N–H and O–H groups in total. The summed E-state index contributed by atoms with van der Waals surface area (Å²) in [5.74, 6) is -1.00. The number of Topliss-reactive ketones (excluding diaryl/α,β-unsaturated/α-hetero) is 1. The monoisotopic (exact) mass is 186 g/mol. The zero-order valence-corrected chi connectivity index (χ0v) is 7.15. The highest BCUT2D eigenvalue weighted by molar-refractivity contribution is 6.53. The second kappa shape index (κ2) is 2.23. The van der Waals surface area contributed by atoms with Crippen LogP contribution >= 0.6 is 0 Å². The topological polar surface area (TPSA) is 50.6 Å². The van der Waals surface area contributed by atoms with Gasteiger partial charge in [-0.15, -0.1) is 0 Å². The van der Waals surface area contributed by atoms with E-state index in [-0.39, 0.29) is 0 Å². The molecule has 68 valence electrons. The number of nitrogens with one attached hydrogen (secondary N) is 1. The normalized spacial score (nSPS) is 14.6. The van der Waals surface area contributed by atoms with E-state index in [4.69, 9.17) is 0 Å². The number of aromatic nitrogens is 1. The maximum absolute atomic E-state index is 11.5. The van der Waals surface area contributed by atoms with E-state index in [0.717, 1.165) is 5.52 Å². The van der Waals surface area contributed by atoms with Crippen molar-refractivity contribution in [1.29, 1.82) is 0 Å². The minimum absolute atomic E-state index is 0.454. The van der Waals surface area contributed by atoms with Gasteiger partial charge in [0.25, 0.3) is 11.7 Å². The van der Waals surface area contributed by atoms with Crippen LogP contribution < -0.4 is 5.32 Å². The number of carbonyl (C=O) groups is 2. The van der Waals surface area contributed by atoms with E-state index >= 15 is 0 Å². The fourth-order valence-electron chi connectivity index (χ4n) is 1.75. The molecular formula is C10H6N2O2. The molecule has 0 saturated carbocycles. The lowest BCUT2D eigenvalue weighted by molar-refractivity contribution is -0.112. The summed E-state index contributed by atoms with van der Waals surface area (Å²) in [5.41, 5.74) is 1.85. The summed E-state index contributed by atoms with van der Waals surface area (Å²) in [5, 5.41) is 2.53. The molecule has 0 aromatic carbocycles. The molecule has 0 saturated heterocycles. The second-order valence-electron chi connectivity index (χ2n) is 3.19. The van der Waals surface area contributed by atoms with Gasteiger partial charge in [-0.3, -0.25) is 9.59 Å². The smallest absolute Gasteiger partial charge is 0.296 e. The molecule has 1 aliphatic heterocycles. The van der Waals surface area contributed by atoms with Crippen LogP contribution in [0.2, 0.25) is 0 Å². The molecule has 1 amide bonds. The van der Waals surface area contributed by atoms with E-state index in [2.05, 4.69) is 5.32 Å². The predicted molar refractivity (Wildman–Crippen MR) is 50.4 cm³/mol. The Morgan fingerprint density at radius 1 is 1.14 bits per heavy atom. The first-order valence-electron chi connectivity index (χ1n) is 4.23. The summed E-state index contributed by atoms with van der Waals surface area (Å²) in [6.07, 6.45) is 3.65. The van der Waals surface area contributed by atoms with Gasteiger partial charge in [0.2, 0.25) is 0 Å². The summed E-state index contributed by atoms with van der Waals surface area (Å²) >= 11 is 0. The Hall–Kier alpha value is -2.10. The lowest BCUT2D eigenvalue weighted by atomic mass is 10.1. The molecule has 0 radical (unpaired) electrons. The molecular weight excluding hydrogens is 180 g/mol. The quantitative estimate of drug-likeness (QED) is 0.626. The van der Waals surface area contributed by atoms with Crippen molar-refractivity contribution in [2.24, 2.45) is 0 Å². The molecule has 14 heavy (non-hydrogen) atoms. The lowest BCUT2D eigenvalue weighted by Gasteiger charge is -1.99. The number of carbonyl (C=O) groups excluding carboxylic acids is 2. The number of hydrogen-bond acceptors (Lipinski definition) is 2. The molecule has 4 heteroatoms. The Morgan fingerprint density at radius 2 is 2.00 bits per heavy atom. The van der Waals surface area contributed by atoms with E-state index in [1.165, 1.54) is 0 Å². The molecule has 0 atom stereocenters. The maximum Gasteiger partial charge on any atom is 0.296 e.